The summed E-state index contributed by atoms with van der Waals surface area (Å²) in [7, 11) is 0. The molecular formula is C7H16N2. The highest BCUT2D eigenvalue weighted by Gasteiger charge is 2.12. The maximum Gasteiger partial charge on any atom is 0.0212 e. The van der Waals surface area contributed by atoms with E-state index in [2.05, 4.69) is 17.8 Å². The smallest absolute Gasteiger partial charge is 0.0212 e. The molecule has 2 N–H and O–H groups in total. The number of hydrogen-bond acceptors (Lipinski definition) is 2. The lowest BCUT2D eigenvalue weighted by Gasteiger charge is -2.10. The van der Waals surface area contributed by atoms with Crippen LogP contribution in [0.4, 0.5) is 0 Å². The Bertz CT molecular complexity index is 67.3. The van der Waals surface area contributed by atoms with Gasteiger partial charge in [-0.15, -0.1) is 0 Å². The number of rotatable bonds is 3. The lowest BCUT2D eigenvalue weighted by atomic mass is 10.3. The summed E-state index contributed by atoms with van der Waals surface area (Å²) in [5.41, 5.74) is 6.42. The summed E-state index contributed by atoms with van der Waals surface area (Å²) in [6.07, 6.45) is 5.52. The van der Waals surface area contributed by atoms with E-state index in [9.17, 15) is 0 Å². The van der Waals surface area contributed by atoms with Crippen LogP contribution < -0.4 is 10.9 Å². The van der Waals surface area contributed by atoms with Gasteiger partial charge in [-0.1, -0.05) is 19.8 Å². The molecule has 54 valence electrons. The highest BCUT2D eigenvalue weighted by molar-refractivity contribution is 4.70. The Kier molecular flexibility index (Phi) is 3.01. The van der Waals surface area contributed by atoms with E-state index in [1.54, 1.807) is 0 Å². The molecule has 1 aliphatic rings. The molecule has 9 heavy (non-hydrogen) atoms. The molecule has 0 bridgehead atoms. The molecule has 0 radical (unpaired) electrons. The van der Waals surface area contributed by atoms with Crippen molar-refractivity contribution in [1.29, 1.82) is 0 Å². The largest absolute Gasteiger partial charge is 0.258 e. The van der Waals surface area contributed by atoms with Gasteiger partial charge in [0.2, 0.25) is 0 Å². The summed E-state index contributed by atoms with van der Waals surface area (Å²) in [5.74, 6) is 0. The Balaban J connectivity index is 1.98. The first-order valence-electron chi connectivity index (χ1n) is 3.92. The minimum absolute atomic E-state index is 0.755. The van der Waals surface area contributed by atoms with Gasteiger partial charge in [0.25, 0.3) is 0 Å². The Hall–Kier alpha value is -0.0800. The molecule has 1 rings (SSSR count). The average Bonchev–Trinajstić information content (AvgIpc) is 2.34. The second-order valence-electron chi connectivity index (χ2n) is 2.66. The van der Waals surface area contributed by atoms with E-state index in [-0.39, 0.29) is 0 Å². The van der Waals surface area contributed by atoms with E-state index >= 15 is 0 Å². The van der Waals surface area contributed by atoms with Gasteiger partial charge in [0.05, 0.1) is 0 Å². The molecule has 1 aliphatic carbocycles. The number of hydrazine groups is 1. The molecule has 0 aromatic heterocycles. The molecule has 2 nitrogen and oxygen atoms in total. The van der Waals surface area contributed by atoms with E-state index in [1.165, 1.54) is 25.7 Å². The lowest BCUT2D eigenvalue weighted by Crippen LogP contribution is -2.38. The van der Waals surface area contributed by atoms with Crippen LogP contribution in [0.25, 0.3) is 0 Å². The molecule has 0 aliphatic heterocycles. The maximum atomic E-state index is 3.28. The van der Waals surface area contributed by atoms with Crippen molar-refractivity contribution in [3.05, 3.63) is 0 Å². The Labute approximate surface area is 57.0 Å². The summed E-state index contributed by atoms with van der Waals surface area (Å²) in [6.45, 7) is 3.14. The standard InChI is InChI=1S/C7H16N2/c1-2-8-9-7-5-3-4-6-7/h7-9H,2-6H2,1H3. The second kappa shape index (κ2) is 3.85. The van der Waals surface area contributed by atoms with Gasteiger partial charge in [0, 0.05) is 12.6 Å². The zero-order valence-electron chi connectivity index (χ0n) is 6.11. The van der Waals surface area contributed by atoms with Gasteiger partial charge < -0.3 is 0 Å². The zero-order valence-corrected chi connectivity index (χ0v) is 6.11. The van der Waals surface area contributed by atoms with Crippen LogP contribution in [0.5, 0.6) is 0 Å². The molecule has 0 aromatic carbocycles. The third kappa shape index (κ3) is 2.33. The van der Waals surface area contributed by atoms with Crippen LogP contribution in [0.15, 0.2) is 0 Å². The fraction of sp³-hybridized carbons (Fsp3) is 1.00. The van der Waals surface area contributed by atoms with Crippen LogP contribution in [0.3, 0.4) is 0 Å². The van der Waals surface area contributed by atoms with Crippen molar-refractivity contribution in [1.82, 2.24) is 10.9 Å². The summed E-state index contributed by atoms with van der Waals surface area (Å²) in [6, 6.07) is 0.755. The number of nitrogens with one attached hydrogen (secondary N) is 2. The predicted octanol–water partition coefficient (Wildman–Crippen LogP) is 1.04. The first kappa shape index (κ1) is 7.03. The van der Waals surface area contributed by atoms with E-state index in [0.717, 1.165) is 12.6 Å². The van der Waals surface area contributed by atoms with E-state index in [4.69, 9.17) is 0 Å². The fourth-order valence-corrected chi connectivity index (χ4v) is 1.32. The average molecular weight is 128 g/mol. The highest BCUT2D eigenvalue weighted by atomic mass is 15.4. The zero-order chi connectivity index (χ0) is 6.53. The van der Waals surface area contributed by atoms with Gasteiger partial charge in [-0.2, -0.15) is 0 Å². The summed E-state index contributed by atoms with van der Waals surface area (Å²) < 4.78 is 0. The van der Waals surface area contributed by atoms with E-state index in [1.807, 2.05) is 0 Å². The van der Waals surface area contributed by atoms with Gasteiger partial charge in [0.15, 0.2) is 0 Å². The quantitative estimate of drug-likeness (QED) is 0.555. The lowest BCUT2D eigenvalue weighted by molar-refractivity contribution is 0.445. The second-order valence-corrected chi connectivity index (χ2v) is 2.66. The van der Waals surface area contributed by atoms with Gasteiger partial charge in [0.1, 0.15) is 0 Å². The Morgan fingerprint density at radius 2 is 2.00 bits per heavy atom. The fourth-order valence-electron chi connectivity index (χ4n) is 1.32. The van der Waals surface area contributed by atoms with Crippen molar-refractivity contribution in [2.45, 2.75) is 38.6 Å². The van der Waals surface area contributed by atoms with Crippen molar-refractivity contribution in [2.75, 3.05) is 6.54 Å². The Morgan fingerprint density at radius 1 is 1.33 bits per heavy atom. The van der Waals surface area contributed by atoms with Crippen LogP contribution in [-0.4, -0.2) is 12.6 Å². The minimum Gasteiger partial charge on any atom is -0.258 e. The summed E-state index contributed by atoms with van der Waals surface area (Å²) in [4.78, 5) is 0. The monoisotopic (exact) mass is 128 g/mol. The van der Waals surface area contributed by atoms with Crippen LogP contribution in [0.1, 0.15) is 32.6 Å². The Morgan fingerprint density at radius 3 is 2.56 bits per heavy atom. The van der Waals surface area contributed by atoms with Gasteiger partial charge in [-0.3, -0.25) is 10.9 Å². The van der Waals surface area contributed by atoms with Crippen molar-refractivity contribution in [2.24, 2.45) is 0 Å². The van der Waals surface area contributed by atoms with Crippen LogP contribution in [0, 0.1) is 0 Å². The normalized spacial score (nSPS) is 21.0. The molecule has 0 amide bonds. The molecule has 0 heterocycles. The van der Waals surface area contributed by atoms with Crippen LogP contribution in [0.2, 0.25) is 0 Å². The molecule has 1 saturated carbocycles. The molecule has 2 heteroatoms. The summed E-state index contributed by atoms with van der Waals surface area (Å²) in [5, 5.41) is 0. The topological polar surface area (TPSA) is 24.1 Å². The van der Waals surface area contributed by atoms with Crippen molar-refractivity contribution < 1.29 is 0 Å². The molecule has 0 atom stereocenters. The van der Waals surface area contributed by atoms with Gasteiger partial charge >= 0.3 is 0 Å². The van der Waals surface area contributed by atoms with E-state index in [0.29, 0.717) is 0 Å². The third-order valence-corrected chi connectivity index (χ3v) is 1.84. The molecule has 0 saturated heterocycles. The van der Waals surface area contributed by atoms with Crippen LogP contribution in [-0.2, 0) is 0 Å². The minimum atomic E-state index is 0.755. The first-order chi connectivity index (χ1) is 4.43. The van der Waals surface area contributed by atoms with E-state index < -0.39 is 0 Å². The van der Waals surface area contributed by atoms with Crippen LogP contribution >= 0.6 is 0 Å². The van der Waals surface area contributed by atoms with Crippen molar-refractivity contribution >= 4 is 0 Å². The molecule has 1 fully saturated rings. The summed E-state index contributed by atoms with van der Waals surface area (Å²) >= 11 is 0. The maximum absolute atomic E-state index is 3.28. The van der Waals surface area contributed by atoms with Gasteiger partial charge in [-0.25, -0.2) is 0 Å². The molecular weight excluding hydrogens is 112 g/mol. The highest BCUT2D eigenvalue weighted by Crippen LogP contribution is 2.16. The molecule has 0 spiro atoms. The third-order valence-electron chi connectivity index (χ3n) is 1.84. The SMILES string of the molecule is CCNNC1CCCC1. The molecule has 0 aromatic rings. The predicted molar refractivity (Wildman–Crippen MR) is 39.1 cm³/mol. The van der Waals surface area contributed by atoms with Gasteiger partial charge in [-0.05, 0) is 12.8 Å². The number of hydrogen-bond donors (Lipinski definition) is 2. The van der Waals surface area contributed by atoms with Crippen molar-refractivity contribution in [3.63, 3.8) is 0 Å². The first-order valence-corrected chi connectivity index (χ1v) is 3.92. The van der Waals surface area contributed by atoms with Crippen molar-refractivity contribution in [3.8, 4) is 0 Å². The molecule has 0 unspecified atom stereocenters.